The van der Waals surface area contributed by atoms with Gasteiger partial charge in [-0.2, -0.15) is 0 Å². The van der Waals surface area contributed by atoms with E-state index in [0.717, 1.165) is 16.8 Å². The van der Waals surface area contributed by atoms with Crippen molar-refractivity contribution in [3.63, 3.8) is 0 Å². The molecule has 0 saturated carbocycles. The first-order chi connectivity index (χ1) is 7.18. The molecule has 2 N–H and O–H groups in total. The smallest absolute Gasteiger partial charge is 0.116 e. The van der Waals surface area contributed by atoms with E-state index in [-0.39, 0.29) is 0 Å². The monoisotopic (exact) mass is 219 g/mol. The van der Waals surface area contributed by atoms with Crippen molar-refractivity contribution < 1.29 is 0 Å². The second kappa shape index (κ2) is 3.87. The maximum absolute atomic E-state index is 5.88. The van der Waals surface area contributed by atoms with Crippen molar-refractivity contribution in [2.75, 3.05) is 5.73 Å². The summed E-state index contributed by atoms with van der Waals surface area (Å²) < 4.78 is 0. The molecule has 0 saturated heterocycles. The van der Waals surface area contributed by atoms with Gasteiger partial charge in [0.15, 0.2) is 0 Å². The first-order valence-corrected chi connectivity index (χ1v) is 4.88. The van der Waals surface area contributed by atoms with Gasteiger partial charge in [-0.1, -0.05) is 17.7 Å². The van der Waals surface area contributed by atoms with Crippen LogP contribution < -0.4 is 5.73 Å². The van der Waals surface area contributed by atoms with Gasteiger partial charge in [-0.05, 0) is 24.6 Å². The van der Waals surface area contributed by atoms with Gasteiger partial charge in [0.25, 0.3) is 0 Å². The second-order valence-electron chi connectivity index (χ2n) is 3.29. The van der Waals surface area contributed by atoms with Gasteiger partial charge >= 0.3 is 0 Å². The number of aromatic nitrogens is 2. The van der Waals surface area contributed by atoms with Crippen LogP contribution in [0.4, 0.5) is 5.69 Å². The van der Waals surface area contributed by atoms with Crippen molar-refractivity contribution in [3.8, 4) is 11.3 Å². The van der Waals surface area contributed by atoms with Gasteiger partial charge < -0.3 is 5.73 Å². The molecular formula is C11H10ClN3. The van der Waals surface area contributed by atoms with Crippen LogP contribution in [0, 0.1) is 6.92 Å². The predicted octanol–water partition coefficient (Wildman–Crippen LogP) is 2.69. The Hall–Kier alpha value is -1.61. The highest BCUT2D eigenvalue weighted by molar-refractivity contribution is 6.30. The van der Waals surface area contributed by atoms with Gasteiger partial charge in [0.05, 0.1) is 17.6 Å². The predicted molar refractivity (Wildman–Crippen MR) is 61.6 cm³/mol. The van der Waals surface area contributed by atoms with Crippen molar-refractivity contribution in [2.45, 2.75) is 6.92 Å². The number of nitrogens with zero attached hydrogens (tertiary/aromatic N) is 2. The van der Waals surface area contributed by atoms with Crippen LogP contribution in [0.2, 0.25) is 5.02 Å². The third-order valence-corrected chi connectivity index (χ3v) is 2.42. The zero-order valence-corrected chi connectivity index (χ0v) is 8.99. The lowest BCUT2D eigenvalue weighted by Gasteiger charge is -2.07. The molecule has 0 aliphatic rings. The summed E-state index contributed by atoms with van der Waals surface area (Å²) in [5, 5.41) is 0.712. The molecule has 0 fully saturated rings. The van der Waals surface area contributed by atoms with Gasteiger partial charge in [-0.15, -0.1) is 0 Å². The number of halogens is 1. The minimum Gasteiger partial charge on any atom is -0.396 e. The van der Waals surface area contributed by atoms with Crippen LogP contribution in [0.1, 0.15) is 5.56 Å². The highest BCUT2D eigenvalue weighted by Crippen LogP contribution is 2.27. The van der Waals surface area contributed by atoms with Crippen LogP contribution in [0.5, 0.6) is 0 Å². The molecule has 4 heteroatoms. The first-order valence-electron chi connectivity index (χ1n) is 4.50. The number of hydrogen-bond donors (Lipinski definition) is 1. The third kappa shape index (κ3) is 1.92. The Balaban J connectivity index is 2.60. The van der Waals surface area contributed by atoms with Gasteiger partial charge in [0, 0.05) is 10.6 Å². The third-order valence-electron chi connectivity index (χ3n) is 2.18. The topological polar surface area (TPSA) is 51.8 Å². The molecule has 0 aliphatic heterocycles. The fourth-order valence-electron chi connectivity index (χ4n) is 1.46. The van der Waals surface area contributed by atoms with E-state index in [1.54, 1.807) is 6.20 Å². The molecule has 2 aromatic rings. The molecule has 2 rings (SSSR count). The van der Waals surface area contributed by atoms with E-state index >= 15 is 0 Å². The van der Waals surface area contributed by atoms with E-state index in [9.17, 15) is 0 Å². The Labute approximate surface area is 92.9 Å². The lowest BCUT2D eigenvalue weighted by Crippen LogP contribution is -1.95. The summed E-state index contributed by atoms with van der Waals surface area (Å²) in [6, 6.07) is 5.63. The zero-order chi connectivity index (χ0) is 10.8. The Morgan fingerprint density at radius 2 is 2.13 bits per heavy atom. The van der Waals surface area contributed by atoms with Crippen LogP contribution in [0.3, 0.4) is 0 Å². The molecule has 0 spiro atoms. The van der Waals surface area contributed by atoms with Crippen LogP contribution in [-0.4, -0.2) is 9.97 Å². The lowest BCUT2D eigenvalue weighted by atomic mass is 10.0. The van der Waals surface area contributed by atoms with E-state index in [1.807, 2.05) is 25.1 Å². The summed E-state index contributed by atoms with van der Waals surface area (Å²) in [5.74, 6) is 0. The minimum atomic E-state index is 0.572. The molecule has 15 heavy (non-hydrogen) atoms. The molecule has 0 amide bonds. The number of nitrogen functional groups attached to an aromatic ring is 1. The summed E-state index contributed by atoms with van der Waals surface area (Å²) >= 11 is 5.88. The summed E-state index contributed by atoms with van der Waals surface area (Å²) in [6.45, 7) is 1.97. The fourth-order valence-corrected chi connectivity index (χ4v) is 1.68. The van der Waals surface area contributed by atoms with Gasteiger partial charge in [0.1, 0.15) is 6.33 Å². The van der Waals surface area contributed by atoms with E-state index < -0.39 is 0 Å². The Morgan fingerprint density at radius 1 is 1.33 bits per heavy atom. The number of nitrogens with two attached hydrogens (primary N) is 1. The average molecular weight is 220 g/mol. The molecule has 3 nitrogen and oxygen atoms in total. The Bertz CT molecular complexity index is 497. The van der Waals surface area contributed by atoms with Crippen molar-refractivity contribution in [1.82, 2.24) is 9.97 Å². The quantitative estimate of drug-likeness (QED) is 0.802. The summed E-state index contributed by atoms with van der Waals surface area (Å²) in [7, 11) is 0. The van der Waals surface area contributed by atoms with Crippen molar-refractivity contribution in [1.29, 1.82) is 0 Å². The summed E-state index contributed by atoms with van der Waals surface area (Å²) in [4.78, 5) is 8.02. The molecule has 0 radical (unpaired) electrons. The molecule has 1 heterocycles. The van der Waals surface area contributed by atoms with Gasteiger partial charge in [-0.3, -0.25) is 0 Å². The van der Waals surface area contributed by atoms with E-state index in [1.165, 1.54) is 6.33 Å². The number of hydrogen-bond acceptors (Lipinski definition) is 3. The first kappa shape index (κ1) is 9.93. The molecule has 1 aromatic carbocycles. The lowest BCUT2D eigenvalue weighted by molar-refractivity contribution is 1.17. The molecule has 0 bridgehead atoms. The largest absolute Gasteiger partial charge is 0.396 e. The SMILES string of the molecule is Cc1cc(Cl)ccc1-c1ncncc1N. The molecule has 0 unspecified atom stereocenters. The molecule has 0 atom stereocenters. The number of anilines is 1. The molecule has 1 aromatic heterocycles. The second-order valence-corrected chi connectivity index (χ2v) is 3.72. The summed E-state index contributed by atoms with van der Waals surface area (Å²) in [5.41, 5.74) is 9.16. The normalized spacial score (nSPS) is 10.3. The van der Waals surface area contributed by atoms with Crippen molar-refractivity contribution >= 4 is 17.3 Å². The van der Waals surface area contributed by atoms with Gasteiger partial charge in [0.2, 0.25) is 0 Å². The highest BCUT2D eigenvalue weighted by atomic mass is 35.5. The van der Waals surface area contributed by atoms with Crippen molar-refractivity contribution in [3.05, 3.63) is 41.3 Å². The Kier molecular flexibility index (Phi) is 2.56. The maximum Gasteiger partial charge on any atom is 0.116 e. The molecule has 76 valence electrons. The van der Waals surface area contributed by atoms with Crippen LogP contribution in [0.15, 0.2) is 30.7 Å². The zero-order valence-electron chi connectivity index (χ0n) is 8.24. The fraction of sp³-hybridized carbons (Fsp3) is 0.0909. The van der Waals surface area contributed by atoms with Crippen LogP contribution in [0.25, 0.3) is 11.3 Å². The van der Waals surface area contributed by atoms with E-state index in [0.29, 0.717) is 10.7 Å². The number of benzene rings is 1. The standard InChI is InChI=1S/C11H10ClN3/c1-7-4-8(12)2-3-9(7)11-10(13)5-14-6-15-11/h2-6H,13H2,1H3. The summed E-state index contributed by atoms with van der Waals surface area (Å²) in [6.07, 6.45) is 3.08. The van der Waals surface area contributed by atoms with Crippen molar-refractivity contribution in [2.24, 2.45) is 0 Å². The van der Waals surface area contributed by atoms with E-state index in [2.05, 4.69) is 9.97 Å². The van der Waals surface area contributed by atoms with Crippen LogP contribution >= 0.6 is 11.6 Å². The Morgan fingerprint density at radius 3 is 2.80 bits per heavy atom. The molecular weight excluding hydrogens is 210 g/mol. The van der Waals surface area contributed by atoms with Gasteiger partial charge in [-0.25, -0.2) is 9.97 Å². The minimum absolute atomic E-state index is 0.572. The average Bonchev–Trinajstić information content (AvgIpc) is 2.20. The molecule has 0 aliphatic carbocycles. The van der Waals surface area contributed by atoms with E-state index in [4.69, 9.17) is 17.3 Å². The van der Waals surface area contributed by atoms with Crippen LogP contribution in [-0.2, 0) is 0 Å². The maximum atomic E-state index is 5.88. The highest BCUT2D eigenvalue weighted by Gasteiger charge is 2.06. The number of rotatable bonds is 1. The number of aryl methyl sites for hydroxylation is 1.